The number of nitrogens with zero attached hydrogens (tertiary/aromatic N) is 1. The molecule has 2 saturated heterocycles. The molecule has 2 heterocycles. The summed E-state index contributed by atoms with van der Waals surface area (Å²) in [5.41, 5.74) is 5.61. The molecule has 3 N–H and O–H groups in total. The predicted octanol–water partition coefficient (Wildman–Crippen LogP) is -0.931. The Labute approximate surface area is 121 Å². The molecule has 118 valence electrons. The molecule has 1 unspecified atom stereocenters. The highest BCUT2D eigenvalue weighted by Crippen LogP contribution is 2.19. The van der Waals surface area contributed by atoms with Gasteiger partial charge in [0.05, 0.1) is 11.5 Å². The molecule has 0 spiro atoms. The summed E-state index contributed by atoms with van der Waals surface area (Å²) in [7, 11) is -6.50. The van der Waals surface area contributed by atoms with Gasteiger partial charge in [-0.05, 0) is 38.1 Å². The lowest BCUT2D eigenvalue weighted by Gasteiger charge is -2.33. The number of hydrogen-bond acceptors (Lipinski definition) is 5. The highest BCUT2D eigenvalue weighted by atomic mass is 32.2. The van der Waals surface area contributed by atoms with Crippen molar-refractivity contribution in [2.24, 2.45) is 11.7 Å². The van der Waals surface area contributed by atoms with Gasteiger partial charge in [0.1, 0.15) is 9.84 Å². The Bertz CT molecular complexity index is 518. The number of nitrogens with two attached hydrogens (primary N) is 1. The van der Waals surface area contributed by atoms with Gasteiger partial charge in [-0.15, -0.1) is 0 Å². The molecule has 0 saturated carbocycles. The van der Waals surface area contributed by atoms with Crippen molar-refractivity contribution in [1.29, 1.82) is 0 Å². The van der Waals surface area contributed by atoms with Crippen molar-refractivity contribution in [2.75, 3.05) is 31.1 Å². The molecule has 0 aromatic rings. The van der Waals surface area contributed by atoms with Crippen LogP contribution in [0.5, 0.6) is 0 Å². The van der Waals surface area contributed by atoms with Gasteiger partial charge in [-0.3, -0.25) is 0 Å². The molecule has 0 amide bonds. The van der Waals surface area contributed by atoms with Crippen LogP contribution in [0.4, 0.5) is 0 Å². The topological polar surface area (TPSA) is 110 Å². The van der Waals surface area contributed by atoms with Gasteiger partial charge in [-0.1, -0.05) is 0 Å². The summed E-state index contributed by atoms with van der Waals surface area (Å²) in [6.45, 7) is 1.46. The molecule has 0 bridgehead atoms. The molecule has 2 rings (SSSR count). The summed E-state index contributed by atoms with van der Waals surface area (Å²) in [5, 5.41) is 0. The first-order chi connectivity index (χ1) is 9.32. The first-order valence-electron chi connectivity index (χ1n) is 7.00. The summed E-state index contributed by atoms with van der Waals surface area (Å²) in [5.74, 6) is 0.337. The molecule has 9 heteroatoms. The molecular formula is C11H23N3O4S2. The Balaban J connectivity index is 1.94. The van der Waals surface area contributed by atoms with Crippen LogP contribution in [-0.4, -0.2) is 58.3 Å². The fourth-order valence-electron chi connectivity index (χ4n) is 2.73. The largest absolute Gasteiger partial charge is 0.330 e. The van der Waals surface area contributed by atoms with Gasteiger partial charge in [-0.25, -0.2) is 8.42 Å². The number of rotatable bonds is 4. The number of hydrogen-bond donors (Lipinski definition) is 2. The SMILES string of the molecule is NCC1CCCN(S(=O)(=O)NC2CCS(=O)(=O)CC2)C1. The standard InChI is InChI=1S/C11H23N3O4S2/c12-8-10-2-1-5-14(9-10)20(17,18)13-11-3-6-19(15,16)7-4-11/h10-11,13H,1-9,12H2. The van der Waals surface area contributed by atoms with Crippen LogP contribution >= 0.6 is 0 Å². The Morgan fingerprint density at radius 3 is 2.45 bits per heavy atom. The van der Waals surface area contributed by atoms with Crippen LogP contribution in [0.15, 0.2) is 0 Å². The van der Waals surface area contributed by atoms with Crippen LogP contribution in [0.25, 0.3) is 0 Å². The quantitative estimate of drug-likeness (QED) is 0.694. The molecule has 0 aromatic carbocycles. The van der Waals surface area contributed by atoms with Gasteiger partial charge in [0.15, 0.2) is 0 Å². The molecule has 0 radical (unpaired) electrons. The summed E-state index contributed by atoms with van der Waals surface area (Å²) in [4.78, 5) is 0. The van der Waals surface area contributed by atoms with Crippen LogP contribution < -0.4 is 10.5 Å². The van der Waals surface area contributed by atoms with Crippen LogP contribution in [-0.2, 0) is 20.0 Å². The zero-order valence-electron chi connectivity index (χ0n) is 11.5. The highest BCUT2D eigenvalue weighted by Gasteiger charge is 2.32. The lowest BCUT2D eigenvalue weighted by molar-refractivity contribution is 0.266. The normalized spacial score (nSPS) is 29.4. The van der Waals surface area contributed by atoms with Crippen molar-refractivity contribution in [2.45, 2.75) is 31.7 Å². The van der Waals surface area contributed by atoms with E-state index in [0.29, 0.717) is 32.5 Å². The maximum absolute atomic E-state index is 12.3. The summed E-state index contributed by atoms with van der Waals surface area (Å²) >= 11 is 0. The maximum atomic E-state index is 12.3. The third kappa shape index (κ3) is 4.14. The summed E-state index contributed by atoms with van der Waals surface area (Å²) in [6, 6.07) is -0.276. The second-order valence-corrected chi connectivity index (χ2v) is 9.66. The summed E-state index contributed by atoms with van der Waals surface area (Å²) < 4.78 is 51.4. The van der Waals surface area contributed by atoms with E-state index in [9.17, 15) is 16.8 Å². The first-order valence-corrected chi connectivity index (χ1v) is 10.3. The van der Waals surface area contributed by atoms with E-state index in [2.05, 4.69) is 4.72 Å². The maximum Gasteiger partial charge on any atom is 0.279 e. The first kappa shape index (κ1) is 16.2. The Morgan fingerprint density at radius 2 is 1.85 bits per heavy atom. The minimum Gasteiger partial charge on any atom is -0.330 e. The average Bonchev–Trinajstić information content (AvgIpc) is 2.41. The fraction of sp³-hybridized carbons (Fsp3) is 1.00. The average molecular weight is 325 g/mol. The monoisotopic (exact) mass is 325 g/mol. The lowest BCUT2D eigenvalue weighted by Crippen LogP contribution is -2.51. The Kier molecular flexibility index (Phi) is 5.06. The van der Waals surface area contributed by atoms with Crippen LogP contribution in [0.2, 0.25) is 0 Å². The zero-order chi connectivity index (χ0) is 14.8. The van der Waals surface area contributed by atoms with E-state index in [1.165, 1.54) is 4.31 Å². The van der Waals surface area contributed by atoms with Crippen molar-refractivity contribution < 1.29 is 16.8 Å². The molecular weight excluding hydrogens is 302 g/mol. The predicted molar refractivity (Wildman–Crippen MR) is 77.1 cm³/mol. The zero-order valence-corrected chi connectivity index (χ0v) is 13.1. The van der Waals surface area contributed by atoms with E-state index in [0.717, 1.165) is 12.8 Å². The number of piperidine rings is 1. The molecule has 20 heavy (non-hydrogen) atoms. The van der Waals surface area contributed by atoms with Crippen molar-refractivity contribution in [3.05, 3.63) is 0 Å². The van der Waals surface area contributed by atoms with Gasteiger partial charge in [0.25, 0.3) is 10.2 Å². The van der Waals surface area contributed by atoms with Gasteiger partial charge in [-0.2, -0.15) is 17.4 Å². The van der Waals surface area contributed by atoms with E-state index < -0.39 is 20.0 Å². The third-order valence-corrected chi connectivity index (χ3v) is 7.38. The molecule has 1 atom stereocenters. The van der Waals surface area contributed by atoms with Gasteiger partial charge in [0, 0.05) is 19.1 Å². The van der Waals surface area contributed by atoms with Crippen molar-refractivity contribution >= 4 is 20.0 Å². The molecule has 2 fully saturated rings. The molecule has 0 aromatic heterocycles. The molecule has 2 aliphatic rings. The van der Waals surface area contributed by atoms with Crippen molar-refractivity contribution in [3.8, 4) is 0 Å². The van der Waals surface area contributed by atoms with E-state index in [-0.39, 0.29) is 23.5 Å². The number of nitrogens with one attached hydrogen (secondary N) is 1. The minimum atomic E-state index is -3.53. The van der Waals surface area contributed by atoms with Gasteiger partial charge < -0.3 is 5.73 Å². The number of sulfone groups is 1. The van der Waals surface area contributed by atoms with Crippen LogP contribution in [0.1, 0.15) is 25.7 Å². The highest BCUT2D eigenvalue weighted by molar-refractivity contribution is 7.91. The van der Waals surface area contributed by atoms with E-state index in [1.54, 1.807) is 0 Å². The van der Waals surface area contributed by atoms with Crippen LogP contribution in [0, 0.1) is 5.92 Å². The van der Waals surface area contributed by atoms with Crippen molar-refractivity contribution in [1.82, 2.24) is 9.03 Å². The lowest BCUT2D eigenvalue weighted by atomic mass is 10.0. The van der Waals surface area contributed by atoms with Crippen molar-refractivity contribution in [3.63, 3.8) is 0 Å². The minimum absolute atomic E-state index is 0.0611. The van der Waals surface area contributed by atoms with E-state index >= 15 is 0 Å². The second kappa shape index (κ2) is 6.27. The van der Waals surface area contributed by atoms with Crippen LogP contribution in [0.3, 0.4) is 0 Å². The fourth-order valence-corrected chi connectivity index (χ4v) is 5.80. The second-order valence-electron chi connectivity index (χ2n) is 5.65. The molecule has 7 nitrogen and oxygen atoms in total. The van der Waals surface area contributed by atoms with Gasteiger partial charge >= 0.3 is 0 Å². The Hall–Kier alpha value is -0.220. The summed E-state index contributed by atoms with van der Waals surface area (Å²) in [6.07, 6.45) is 2.50. The molecule has 2 aliphatic heterocycles. The molecule has 0 aliphatic carbocycles. The van der Waals surface area contributed by atoms with Gasteiger partial charge in [0.2, 0.25) is 0 Å². The smallest absolute Gasteiger partial charge is 0.279 e. The Morgan fingerprint density at radius 1 is 1.20 bits per heavy atom. The van der Waals surface area contributed by atoms with E-state index in [1.807, 2.05) is 0 Å². The third-order valence-electron chi connectivity index (χ3n) is 4.03. The van der Waals surface area contributed by atoms with E-state index in [4.69, 9.17) is 5.73 Å².